The zero-order chi connectivity index (χ0) is 12.4. The van der Waals surface area contributed by atoms with Gasteiger partial charge >= 0.3 is 0 Å². The maximum atomic E-state index is 11.9. The first kappa shape index (κ1) is 12.0. The molecule has 1 aromatic rings. The van der Waals surface area contributed by atoms with Crippen LogP contribution >= 0.6 is 0 Å². The molecule has 3 heteroatoms. The summed E-state index contributed by atoms with van der Waals surface area (Å²) in [6.45, 7) is 1.76. The lowest BCUT2D eigenvalue weighted by molar-refractivity contribution is 0.487. The summed E-state index contributed by atoms with van der Waals surface area (Å²) in [6, 6.07) is 4.45. The normalized spacial score (nSPS) is 19.3. The molecule has 0 aromatic carbocycles. The molecular formula is C15H22N2O. The van der Waals surface area contributed by atoms with E-state index in [2.05, 4.69) is 5.32 Å². The summed E-state index contributed by atoms with van der Waals surface area (Å²) in [5.41, 5.74) is 2.84. The monoisotopic (exact) mass is 246 g/mol. The second kappa shape index (κ2) is 5.27. The van der Waals surface area contributed by atoms with Crippen LogP contribution in [0.15, 0.2) is 16.9 Å². The highest BCUT2D eigenvalue weighted by molar-refractivity contribution is 5.25. The van der Waals surface area contributed by atoms with Crippen molar-refractivity contribution in [3.8, 4) is 0 Å². The van der Waals surface area contributed by atoms with Crippen molar-refractivity contribution >= 4 is 0 Å². The molecular weight excluding hydrogens is 224 g/mol. The quantitative estimate of drug-likeness (QED) is 0.880. The van der Waals surface area contributed by atoms with E-state index in [0.717, 1.165) is 25.9 Å². The van der Waals surface area contributed by atoms with E-state index in [1.54, 1.807) is 6.07 Å². The highest BCUT2D eigenvalue weighted by atomic mass is 16.1. The predicted octanol–water partition coefficient (Wildman–Crippen LogP) is 1.87. The van der Waals surface area contributed by atoms with Gasteiger partial charge in [0.1, 0.15) is 0 Å². The van der Waals surface area contributed by atoms with Gasteiger partial charge in [-0.3, -0.25) is 4.79 Å². The summed E-state index contributed by atoms with van der Waals surface area (Å²) in [4.78, 5) is 11.9. The zero-order valence-corrected chi connectivity index (χ0v) is 11.0. The summed E-state index contributed by atoms with van der Waals surface area (Å²) in [7, 11) is 0. The van der Waals surface area contributed by atoms with Crippen LogP contribution in [-0.4, -0.2) is 17.2 Å². The van der Waals surface area contributed by atoms with E-state index in [4.69, 9.17) is 0 Å². The number of rotatable bonds is 4. The van der Waals surface area contributed by atoms with Crippen LogP contribution in [0.3, 0.4) is 0 Å². The third kappa shape index (κ3) is 2.37. The maximum Gasteiger partial charge on any atom is 0.250 e. The second-order valence-electron chi connectivity index (χ2n) is 5.58. The van der Waals surface area contributed by atoms with Gasteiger partial charge in [-0.15, -0.1) is 0 Å². The van der Waals surface area contributed by atoms with Gasteiger partial charge < -0.3 is 9.88 Å². The Morgan fingerprint density at radius 1 is 1.17 bits per heavy atom. The van der Waals surface area contributed by atoms with E-state index < -0.39 is 0 Å². The summed E-state index contributed by atoms with van der Waals surface area (Å²) < 4.78 is 1.99. The van der Waals surface area contributed by atoms with Crippen LogP contribution < -0.4 is 10.9 Å². The van der Waals surface area contributed by atoms with Gasteiger partial charge in [0.2, 0.25) is 0 Å². The summed E-state index contributed by atoms with van der Waals surface area (Å²) >= 11 is 0. The zero-order valence-electron chi connectivity index (χ0n) is 11.0. The number of hydrogen-bond acceptors (Lipinski definition) is 2. The Kier molecular flexibility index (Phi) is 3.50. The molecule has 18 heavy (non-hydrogen) atoms. The highest BCUT2D eigenvalue weighted by Gasteiger charge is 2.17. The lowest BCUT2D eigenvalue weighted by Gasteiger charge is -2.15. The molecule has 3 rings (SSSR count). The van der Waals surface area contributed by atoms with Gasteiger partial charge in [0.15, 0.2) is 0 Å². The minimum absolute atomic E-state index is 0.170. The number of aromatic nitrogens is 1. The van der Waals surface area contributed by atoms with Gasteiger partial charge in [-0.25, -0.2) is 0 Å². The average molecular weight is 246 g/mol. The predicted molar refractivity (Wildman–Crippen MR) is 73.0 cm³/mol. The molecule has 0 radical (unpaired) electrons. The Morgan fingerprint density at radius 2 is 2.00 bits per heavy atom. The topological polar surface area (TPSA) is 34.0 Å². The number of fused-ring (bicyclic) bond motifs is 1. The van der Waals surface area contributed by atoms with Crippen molar-refractivity contribution in [2.75, 3.05) is 6.54 Å². The second-order valence-corrected chi connectivity index (χ2v) is 5.58. The number of pyridine rings is 1. The van der Waals surface area contributed by atoms with Crippen molar-refractivity contribution in [2.24, 2.45) is 0 Å². The van der Waals surface area contributed by atoms with E-state index in [1.807, 2.05) is 10.6 Å². The van der Waals surface area contributed by atoms with E-state index >= 15 is 0 Å². The van der Waals surface area contributed by atoms with Crippen LogP contribution in [0.1, 0.15) is 43.4 Å². The van der Waals surface area contributed by atoms with E-state index in [1.165, 1.54) is 43.4 Å². The third-order valence-electron chi connectivity index (χ3n) is 4.37. The molecule has 1 heterocycles. The van der Waals surface area contributed by atoms with Crippen LogP contribution in [0.25, 0.3) is 0 Å². The van der Waals surface area contributed by atoms with Crippen LogP contribution in [0.2, 0.25) is 0 Å². The van der Waals surface area contributed by atoms with Gasteiger partial charge in [-0.1, -0.05) is 18.9 Å². The molecule has 1 N–H and O–H groups in total. The summed E-state index contributed by atoms with van der Waals surface area (Å²) in [5, 5.41) is 3.59. The summed E-state index contributed by atoms with van der Waals surface area (Å²) in [5.74, 6) is 0. The molecule has 98 valence electrons. The smallest absolute Gasteiger partial charge is 0.250 e. The van der Waals surface area contributed by atoms with Crippen molar-refractivity contribution in [1.29, 1.82) is 0 Å². The van der Waals surface area contributed by atoms with Crippen LogP contribution in [0.5, 0.6) is 0 Å². The first-order chi connectivity index (χ1) is 8.84. The fourth-order valence-corrected chi connectivity index (χ4v) is 3.39. The Labute approximate surface area is 108 Å². The van der Waals surface area contributed by atoms with Gasteiger partial charge in [-0.2, -0.15) is 0 Å². The molecule has 0 atom stereocenters. The van der Waals surface area contributed by atoms with Gasteiger partial charge in [0, 0.05) is 30.9 Å². The molecule has 3 nitrogen and oxygen atoms in total. The van der Waals surface area contributed by atoms with Crippen molar-refractivity contribution in [3.05, 3.63) is 33.7 Å². The van der Waals surface area contributed by atoms with Crippen LogP contribution in [0.4, 0.5) is 0 Å². The molecule has 1 fully saturated rings. The summed E-state index contributed by atoms with van der Waals surface area (Å²) in [6.07, 6.45) is 8.76. The van der Waals surface area contributed by atoms with Crippen molar-refractivity contribution < 1.29 is 0 Å². The van der Waals surface area contributed by atoms with E-state index in [9.17, 15) is 4.79 Å². The fraction of sp³-hybridized carbons (Fsp3) is 0.667. The van der Waals surface area contributed by atoms with Gasteiger partial charge in [0.25, 0.3) is 5.56 Å². The SMILES string of the molecule is O=c1ccc2c(n1CCNC1CCCC1)CCC2. The number of nitrogens with one attached hydrogen (secondary N) is 1. The standard InChI is InChI=1S/C15H22N2O/c18-15-9-8-12-4-3-7-14(12)17(15)11-10-16-13-5-1-2-6-13/h8-9,13,16H,1-7,10-11H2. The molecule has 0 amide bonds. The molecule has 2 aliphatic rings. The lowest BCUT2D eigenvalue weighted by Crippen LogP contribution is -2.33. The largest absolute Gasteiger partial charge is 0.312 e. The molecule has 2 aliphatic carbocycles. The van der Waals surface area contributed by atoms with E-state index in [0.29, 0.717) is 6.04 Å². The Hall–Kier alpha value is -1.09. The minimum Gasteiger partial charge on any atom is -0.312 e. The molecule has 0 bridgehead atoms. The number of nitrogens with zero attached hydrogens (tertiary/aromatic N) is 1. The van der Waals surface area contributed by atoms with Gasteiger partial charge in [-0.05, 0) is 37.7 Å². The molecule has 0 spiro atoms. The van der Waals surface area contributed by atoms with E-state index in [-0.39, 0.29) is 5.56 Å². The highest BCUT2D eigenvalue weighted by Crippen LogP contribution is 2.20. The minimum atomic E-state index is 0.170. The van der Waals surface area contributed by atoms with Crippen molar-refractivity contribution in [3.63, 3.8) is 0 Å². The van der Waals surface area contributed by atoms with Crippen molar-refractivity contribution in [2.45, 2.75) is 57.5 Å². The Balaban J connectivity index is 1.65. The molecule has 1 aromatic heterocycles. The molecule has 0 saturated heterocycles. The van der Waals surface area contributed by atoms with Gasteiger partial charge in [0.05, 0.1) is 0 Å². The van der Waals surface area contributed by atoms with Crippen LogP contribution in [-0.2, 0) is 19.4 Å². The molecule has 0 unspecified atom stereocenters. The first-order valence-electron chi connectivity index (χ1n) is 7.29. The average Bonchev–Trinajstić information content (AvgIpc) is 3.02. The molecule has 1 saturated carbocycles. The number of aryl methyl sites for hydroxylation is 1. The third-order valence-corrected chi connectivity index (χ3v) is 4.37. The molecule has 0 aliphatic heterocycles. The van der Waals surface area contributed by atoms with Crippen LogP contribution in [0, 0.1) is 0 Å². The Morgan fingerprint density at radius 3 is 2.83 bits per heavy atom. The fourth-order valence-electron chi connectivity index (χ4n) is 3.39. The number of hydrogen-bond donors (Lipinski definition) is 1. The Bertz CT molecular complexity index is 472. The maximum absolute atomic E-state index is 11.9. The van der Waals surface area contributed by atoms with Crippen molar-refractivity contribution in [1.82, 2.24) is 9.88 Å². The lowest BCUT2D eigenvalue weighted by atomic mass is 10.2. The first-order valence-corrected chi connectivity index (χ1v) is 7.29.